The monoisotopic (exact) mass is 207 g/mol. The maximum atomic E-state index is 11.7. The fraction of sp³-hybridized carbons (Fsp3) is 0.429. The molecular formula is C7H8F3N3O. The van der Waals surface area contributed by atoms with Crippen molar-refractivity contribution in [1.29, 1.82) is 0 Å². The van der Waals surface area contributed by atoms with E-state index in [9.17, 15) is 18.0 Å². The lowest BCUT2D eigenvalue weighted by molar-refractivity contribution is -0.138. The standard InChI is InChI=1S/C7H8F3N3O/c8-7(9,10)4-12-6(14)3-13-2-1-11-5-13/h1-2,5H,3-4H2,(H,12,14). The molecule has 78 valence electrons. The number of aromatic nitrogens is 2. The Morgan fingerprint density at radius 1 is 1.50 bits per heavy atom. The molecule has 1 rings (SSSR count). The summed E-state index contributed by atoms with van der Waals surface area (Å²) < 4.78 is 36.4. The molecule has 1 heterocycles. The average molecular weight is 207 g/mol. The van der Waals surface area contributed by atoms with E-state index < -0.39 is 18.6 Å². The molecule has 1 aromatic rings. The van der Waals surface area contributed by atoms with Crippen molar-refractivity contribution in [2.45, 2.75) is 12.7 Å². The second-order valence-electron chi connectivity index (χ2n) is 2.63. The van der Waals surface area contributed by atoms with E-state index in [-0.39, 0.29) is 6.54 Å². The Balaban J connectivity index is 2.30. The molecule has 0 spiro atoms. The molecule has 0 saturated carbocycles. The van der Waals surface area contributed by atoms with E-state index in [0.29, 0.717) is 0 Å². The lowest BCUT2D eigenvalue weighted by atomic mass is 10.5. The van der Waals surface area contributed by atoms with Gasteiger partial charge in [0.25, 0.3) is 0 Å². The number of rotatable bonds is 3. The van der Waals surface area contributed by atoms with Crippen LogP contribution in [-0.2, 0) is 11.3 Å². The number of carbonyl (C=O) groups excluding carboxylic acids is 1. The Morgan fingerprint density at radius 3 is 2.71 bits per heavy atom. The summed E-state index contributed by atoms with van der Waals surface area (Å²) in [5, 5.41) is 1.75. The van der Waals surface area contributed by atoms with Gasteiger partial charge < -0.3 is 9.88 Å². The van der Waals surface area contributed by atoms with Crippen LogP contribution >= 0.6 is 0 Å². The van der Waals surface area contributed by atoms with Gasteiger partial charge in [-0.05, 0) is 0 Å². The second-order valence-corrected chi connectivity index (χ2v) is 2.63. The first kappa shape index (κ1) is 10.6. The zero-order chi connectivity index (χ0) is 10.6. The molecule has 0 aromatic carbocycles. The Hall–Kier alpha value is -1.53. The average Bonchev–Trinajstić information content (AvgIpc) is 2.52. The molecule has 14 heavy (non-hydrogen) atoms. The van der Waals surface area contributed by atoms with E-state index in [2.05, 4.69) is 4.98 Å². The normalized spacial score (nSPS) is 11.4. The van der Waals surface area contributed by atoms with Gasteiger partial charge in [-0.2, -0.15) is 13.2 Å². The highest BCUT2D eigenvalue weighted by Gasteiger charge is 2.27. The molecule has 0 saturated heterocycles. The highest BCUT2D eigenvalue weighted by Crippen LogP contribution is 2.11. The maximum Gasteiger partial charge on any atom is 0.405 e. The van der Waals surface area contributed by atoms with Gasteiger partial charge in [-0.1, -0.05) is 0 Å². The Morgan fingerprint density at radius 2 is 2.21 bits per heavy atom. The van der Waals surface area contributed by atoms with Gasteiger partial charge in [0.05, 0.1) is 6.33 Å². The summed E-state index contributed by atoms with van der Waals surface area (Å²) in [7, 11) is 0. The van der Waals surface area contributed by atoms with E-state index in [4.69, 9.17) is 0 Å². The Kier molecular flexibility index (Phi) is 3.10. The van der Waals surface area contributed by atoms with Crippen LogP contribution in [0, 0.1) is 0 Å². The summed E-state index contributed by atoms with van der Waals surface area (Å²) in [6.07, 6.45) is -0.0814. The number of hydrogen-bond donors (Lipinski definition) is 1. The van der Waals surface area contributed by atoms with Gasteiger partial charge in [0.15, 0.2) is 0 Å². The third kappa shape index (κ3) is 3.92. The van der Waals surface area contributed by atoms with Gasteiger partial charge in [0, 0.05) is 12.4 Å². The van der Waals surface area contributed by atoms with E-state index in [1.807, 2.05) is 0 Å². The van der Waals surface area contributed by atoms with Crippen molar-refractivity contribution >= 4 is 5.91 Å². The molecule has 0 atom stereocenters. The summed E-state index contributed by atoms with van der Waals surface area (Å²) in [5.74, 6) is -0.694. The number of amides is 1. The molecule has 0 aliphatic heterocycles. The van der Waals surface area contributed by atoms with Crippen LogP contribution in [0.25, 0.3) is 0 Å². The van der Waals surface area contributed by atoms with Crippen LogP contribution in [0.15, 0.2) is 18.7 Å². The minimum Gasteiger partial charge on any atom is -0.345 e. The molecule has 0 radical (unpaired) electrons. The van der Waals surface area contributed by atoms with Crippen molar-refractivity contribution in [3.05, 3.63) is 18.7 Å². The summed E-state index contributed by atoms with van der Waals surface area (Å²) in [5.41, 5.74) is 0. The van der Waals surface area contributed by atoms with Crippen molar-refractivity contribution in [1.82, 2.24) is 14.9 Å². The maximum absolute atomic E-state index is 11.7. The fourth-order valence-corrected chi connectivity index (χ4v) is 0.801. The van der Waals surface area contributed by atoms with Gasteiger partial charge >= 0.3 is 6.18 Å². The second kappa shape index (κ2) is 4.12. The first-order valence-electron chi connectivity index (χ1n) is 3.76. The third-order valence-electron chi connectivity index (χ3n) is 1.37. The van der Waals surface area contributed by atoms with Crippen LogP contribution in [0.4, 0.5) is 13.2 Å². The third-order valence-corrected chi connectivity index (χ3v) is 1.37. The number of halogens is 3. The SMILES string of the molecule is O=C(Cn1ccnc1)NCC(F)(F)F. The van der Waals surface area contributed by atoms with Gasteiger partial charge in [-0.15, -0.1) is 0 Å². The summed E-state index contributed by atoms with van der Waals surface area (Å²) in [4.78, 5) is 14.5. The summed E-state index contributed by atoms with van der Waals surface area (Å²) in [6, 6.07) is 0. The lowest BCUT2D eigenvalue weighted by Gasteiger charge is -2.08. The van der Waals surface area contributed by atoms with Crippen LogP contribution in [0.3, 0.4) is 0 Å². The van der Waals surface area contributed by atoms with Crippen LogP contribution in [0.1, 0.15) is 0 Å². The van der Waals surface area contributed by atoms with Gasteiger partial charge in [0.1, 0.15) is 13.1 Å². The van der Waals surface area contributed by atoms with Gasteiger partial charge in [-0.25, -0.2) is 4.98 Å². The van der Waals surface area contributed by atoms with Crippen molar-refractivity contribution < 1.29 is 18.0 Å². The summed E-state index contributed by atoms with van der Waals surface area (Å²) in [6.45, 7) is -1.46. The fourth-order valence-electron chi connectivity index (χ4n) is 0.801. The van der Waals surface area contributed by atoms with E-state index >= 15 is 0 Å². The number of carbonyl (C=O) groups is 1. The van der Waals surface area contributed by atoms with Gasteiger partial charge in [-0.3, -0.25) is 4.79 Å². The number of nitrogens with one attached hydrogen (secondary N) is 1. The molecule has 1 N–H and O–H groups in total. The first-order chi connectivity index (χ1) is 6.47. The number of imidazole rings is 1. The van der Waals surface area contributed by atoms with Crippen molar-refractivity contribution in [2.75, 3.05) is 6.54 Å². The number of hydrogen-bond acceptors (Lipinski definition) is 2. The van der Waals surface area contributed by atoms with Crippen LogP contribution < -0.4 is 5.32 Å². The van der Waals surface area contributed by atoms with E-state index in [1.165, 1.54) is 23.3 Å². The molecule has 0 bridgehead atoms. The minimum atomic E-state index is -4.37. The zero-order valence-electron chi connectivity index (χ0n) is 7.08. The smallest absolute Gasteiger partial charge is 0.345 e. The van der Waals surface area contributed by atoms with Crippen LogP contribution in [0.2, 0.25) is 0 Å². The van der Waals surface area contributed by atoms with Gasteiger partial charge in [0.2, 0.25) is 5.91 Å². The van der Waals surface area contributed by atoms with E-state index in [0.717, 1.165) is 0 Å². The van der Waals surface area contributed by atoms with E-state index in [1.54, 1.807) is 5.32 Å². The number of alkyl halides is 3. The molecule has 4 nitrogen and oxygen atoms in total. The van der Waals surface area contributed by atoms with Crippen LogP contribution in [0.5, 0.6) is 0 Å². The number of nitrogens with zero attached hydrogens (tertiary/aromatic N) is 2. The van der Waals surface area contributed by atoms with Crippen molar-refractivity contribution in [3.63, 3.8) is 0 Å². The van der Waals surface area contributed by atoms with Crippen LogP contribution in [-0.4, -0.2) is 28.2 Å². The lowest BCUT2D eigenvalue weighted by Crippen LogP contribution is -2.35. The molecule has 0 unspecified atom stereocenters. The Labute approximate surface area is 77.7 Å². The molecule has 0 aliphatic carbocycles. The predicted molar refractivity (Wildman–Crippen MR) is 41.3 cm³/mol. The topological polar surface area (TPSA) is 46.9 Å². The minimum absolute atomic E-state index is 0.157. The van der Waals surface area contributed by atoms with Crippen molar-refractivity contribution in [2.24, 2.45) is 0 Å². The van der Waals surface area contributed by atoms with Crippen molar-refractivity contribution in [3.8, 4) is 0 Å². The predicted octanol–water partition coefficient (Wildman–Crippen LogP) is 0.562. The summed E-state index contributed by atoms with van der Waals surface area (Å²) >= 11 is 0. The Bertz CT molecular complexity index is 294. The largest absolute Gasteiger partial charge is 0.405 e. The first-order valence-corrected chi connectivity index (χ1v) is 3.76. The molecular weight excluding hydrogens is 199 g/mol. The highest BCUT2D eigenvalue weighted by molar-refractivity contribution is 5.75. The molecule has 1 aromatic heterocycles. The quantitative estimate of drug-likeness (QED) is 0.787. The molecule has 7 heteroatoms. The zero-order valence-corrected chi connectivity index (χ0v) is 7.08. The highest BCUT2D eigenvalue weighted by atomic mass is 19.4. The molecule has 0 fully saturated rings. The molecule has 1 amide bonds. The molecule has 0 aliphatic rings.